The number of nitrogens with zero attached hydrogens (tertiary/aromatic N) is 1. The number of carbonyl (C=O) groups excluding carboxylic acids is 3. The average molecular weight is 636 g/mol. The molecule has 7 heteroatoms. The van der Waals surface area contributed by atoms with Gasteiger partial charge in [-0.15, -0.1) is 11.8 Å². The molecule has 0 spiro atoms. The van der Waals surface area contributed by atoms with E-state index in [1.807, 2.05) is 95.6 Å². The van der Waals surface area contributed by atoms with E-state index in [0.29, 0.717) is 17.0 Å². The highest BCUT2D eigenvalue weighted by Crippen LogP contribution is 2.33. The highest BCUT2D eigenvalue weighted by molar-refractivity contribution is 8.00. The number of carbonyl (C=O) groups is 3. The maximum Gasteiger partial charge on any atom is 0.272 e. The molecule has 5 aromatic carbocycles. The third-order valence-electron chi connectivity index (χ3n) is 8.55. The van der Waals surface area contributed by atoms with Gasteiger partial charge in [-0.05, 0) is 96.1 Å². The van der Waals surface area contributed by atoms with Crippen LogP contribution in [0.15, 0.2) is 132 Å². The molecular formula is C40H33N3O3S. The SMILES string of the molecule is O=C(Nc1ccc(SCC(=O)n2c3c(c4ccccc42)CCCC3)cc1)/C(=C/c1cccc2ccccc12)NC(=O)c1ccccc1. The number of hydrogen-bond donors (Lipinski definition) is 2. The predicted octanol–water partition coefficient (Wildman–Crippen LogP) is 8.52. The van der Waals surface area contributed by atoms with E-state index >= 15 is 0 Å². The molecule has 1 aliphatic rings. The number of para-hydroxylation sites is 1. The van der Waals surface area contributed by atoms with Gasteiger partial charge in [0.2, 0.25) is 5.91 Å². The lowest BCUT2D eigenvalue weighted by Crippen LogP contribution is -2.30. The Bertz CT molecular complexity index is 2140. The fourth-order valence-corrected chi connectivity index (χ4v) is 7.04. The molecule has 0 saturated heterocycles. The molecule has 2 amide bonds. The lowest BCUT2D eigenvalue weighted by molar-refractivity contribution is -0.113. The van der Waals surface area contributed by atoms with Gasteiger partial charge in [0, 0.05) is 27.2 Å². The highest BCUT2D eigenvalue weighted by atomic mass is 32.2. The number of anilines is 1. The van der Waals surface area contributed by atoms with Gasteiger partial charge in [-0.1, -0.05) is 78.9 Å². The summed E-state index contributed by atoms with van der Waals surface area (Å²) in [6.07, 6.45) is 5.92. The van der Waals surface area contributed by atoms with Crippen LogP contribution < -0.4 is 10.6 Å². The Balaban J connectivity index is 1.08. The Morgan fingerprint density at radius 2 is 1.43 bits per heavy atom. The molecule has 47 heavy (non-hydrogen) atoms. The number of amides is 2. The normalized spacial score (nSPS) is 12.9. The van der Waals surface area contributed by atoms with Crippen molar-refractivity contribution < 1.29 is 14.4 Å². The molecule has 0 atom stereocenters. The standard InChI is InChI=1S/C40H33N3O3S/c44-38(43-36-19-8-6-17-33(36)34-18-7-9-20-37(34)43)26-47-31-23-21-30(22-24-31)41-40(46)35(42-39(45)28-12-2-1-3-13-28)25-29-15-10-14-27-11-4-5-16-32(27)29/h1-6,8,10-17,19,21-25H,7,9,18,20,26H2,(H,41,46)(H,42,45)/b35-25-. The highest BCUT2D eigenvalue weighted by Gasteiger charge is 2.23. The number of hydrogen-bond acceptors (Lipinski definition) is 4. The molecule has 232 valence electrons. The van der Waals surface area contributed by atoms with Crippen molar-refractivity contribution in [1.29, 1.82) is 0 Å². The zero-order chi connectivity index (χ0) is 32.2. The average Bonchev–Trinajstić information content (AvgIpc) is 3.46. The van der Waals surface area contributed by atoms with E-state index in [-0.39, 0.29) is 17.5 Å². The van der Waals surface area contributed by atoms with Crippen LogP contribution in [-0.2, 0) is 17.6 Å². The van der Waals surface area contributed by atoms with Gasteiger partial charge in [0.1, 0.15) is 5.70 Å². The first kappa shape index (κ1) is 30.3. The summed E-state index contributed by atoms with van der Waals surface area (Å²) in [4.78, 5) is 41.2. The largest absolute Gasteiger partial charge is 0.321 e. The van der Waals surface area contributed by atoms with E-state index in [9.17, 15) is 14.4 Å². The molecule has 0 fully saturated rings. The topological polar surface area (TPSA) is 80.2 Å². The molecule has 0 aliphatic heterocycles. The Morgan fingerprint density at radius 3 is 2.26 bits per heavy atom. The summed E-state index contributed by atoms with van der Waals surface area (Å²) in [5.41, 5.74) is 5.44. The second-order valence-electron chi connectivity index (χ2n) is 11.6. The maximum absolute atomic E-state index is 13.6. The number of thioether (sulfide) groups is 1. The van der Waals surface area contributed by atoms with Crippen molar-refractivity contribution in [1.82, 2.24) is 9.88 Å². The zero-order valence-corrected chi connectivity index (χ0v) is 26.6. The van der Waals surface area contributed by atoms with Crippen molar-refractivity contribution in [3.63, 3.8) is 0 Å². The van der Waals surface area contributed by atoms with Crippen molar-refractivity contribution in [3.8, 4) is 0 Å². The number of nitrogens with one attached hydrogen (secondary N) is 2. The predicted molar refractivity (Wildman–Crippen MR) is 191 cm³/mol. The second kappa shape index (κ2) is 13.5. The molecule has 2 N–H and O–H groups in total. The smallest absolute Gasteiger partial charge is 0.272 e. The monoisotopic (exact) mass is 635 g/mol. The van der Waals surface area contributed by atoms with Crippen LogP contribution in [0, 0.1) is 0 Å². The van der Waals surface area contributed by atoms with Crippen LogP contribution in [0.5, 0.6) is 0 Å². The molecule has 6 nitrogen and oxygen atoms in total. The van der Waals surface area contributed by atoms with Crippen molar-refractivity contribution >= 4 is 62.9 Å². The van der Waals surface area contributed by atoms with E-state index in [1.54, 1.807) is 30.3 Å². The van der Waals surface area contributed by atoms with Gasteiger partial charge in [-0.25, -0.2) is 0 Å². The van der Waals surface area contributed by atoms with Crippen molar-refractivity contribution in [2.45, 2.75) is 30.6 Å². The molecule has 0 bridgehead atoms. The second-order valence-corrected chi connectivity index (χ2v) is 12.6. The summed E-state index contributed by atoms with van der Waals surface area (Å²) in [6.45, 7) is 0. The third kappa shape index (κ3) is 6.48. The van der Waals surface area contributed by atoms with Crippen LogP contribution in [-0.4, -0.2) is 28.0 Å². The van der Waals surface area contributed by atoms with E-state index < -0.39 is 5.91 Å². The van der Waals surface area contributed by atoms with Gasteiger partial charge in [-0.3, -0.25) is 19.0 Å². The van der Waals surface area contributed by atoms with Gasteiger partial charge >= 0.3 is 0 Å². The number of fused-ring (bicyclic) bond motifs is 4. The van der Waals surface area contributed by atoms with E-state index in [0.717, 1.165) is 58.1 Å². The van der Waals surface area contributed by atoms with Gasteiger partial charge in [0.25, 0.3) is 11.8 Å². The van der Waals surface area contributed by atoms with Crippen LogP contribution >= 0.6 is 11.8 Å². The summed E-state index contributed by atoms with van der Waals surface area (Å²) in [5.74, 6) is -0.438. The molecule has 0 saturated carbocycles. The van der Waals surface area contributed by atoms with Crippen LogP contribution in [0.25, 0.3) is 27.8 Å². The molecule has 6 aromatic rings. The molecule has 0 radical (unpaired) electrons. The van der Waals surface area contributed by atoms with Gasteiger partial charge in [0.15, 0.2) is 0 Å². The molecule has 7 rings (SSSR count). The van der Waals surface area contributed by atoms with Crippen molar-refractivity contribution in [2.75, 3.05) is 11.1 Å². The van der Waals surface area contributed by atoms with Gasteiger partial charge < -0.3 is 10.6 Å². The first-order valence-electron chi connectivity index (χ1n) is 15.8. The Kier molecular flexibility index (Phi) is 8.71. The fourth-order valence-electron chi connectivity index (χ4n) is 6.30. The van der Waals surface area contributed by atoms with Crippen LogP contribution in [0.4, 0.5) is 5.69 Å². The molecular weight excluding hydrogens is 603 g/mol. The minimum absolute atomic E-state index is 0.0732. The van der Waals surface area contributed by atoms with E-state index in [4.69, 9.17) is 0 Å². The molecule has 1 heterocycles. The summed E-state index contributed by atoms with van der Waals surface area (Å²) in [5, 5.41) is 8.95. The third-order valence-corrected chi connectivity index (χ3v) is 9.55. The first-order chi connectivity index (χ1) is 23.0. The van der Waals surface area contributed by atoms with Gasteiger partial charge in [0.05, 0.1) is 11.3 Å². The van der Waals surface area contributed by atoms with Crippen molar-refractivity contribution in [2.24, 2.45) is 0 Å². The Labute approximate surface area is 277 Å². The summed E-state index contributed by atoms with van der Waals surface area (Å²) in [6, 6.07) is 38.2. The van der Waals surface area contributed by atoms with Crippen molar-refractivity contribution in [3.05, 3.63) is 149 Å². The van der Waals surface area contributed by atoms with Crippen LogP contribution in [0.2, 0.25) is 0 Å². The molecule has 1 aromatic heterocycles. The number of rotatable bonds is 8. The lowest BCUT2D eigenvalue weighted by Gasteiger charge is -2.15. The van der Waals surface area contributed by atoms with E-state index in [2.05, 4.69) is 16.7 Å². The minimum Gasteiger partial charge on any atom is -0.321 e. The Hall–Kier alpha value is -5.40. The van der Waals surface area contributed by atoms with E-state index in [1.165, 1.54) is 22.7 Å². The molecule has 1 aliphatic carbocycles. The quantitative estimate of drug-likeness (QED) is 0.130. The Morgan fingerprint density at radius 1 is 0.723 bits per heavy atom. The van der Waals surface area contributed by atoms with Gasteiger partial charge in [-0.2, -0.15) is 0 Å². The lowest BCUT2D eigenvalue weighted by atomic mass is 9.96. The minimum atomic E-state index is -0.443. The number of benzene rings is 5. The fraction of sp³-hybridized carbons (Fsp3) is 0.125. The summed E-state index contributed by atoms with van der Waals surface area (Å²) >= 11 is 1.48. The summed E-state index contributed by atoms with van der Waals surface area (Å²) < 4.78 is 1.93. The zero-order valence-electron chi connectivity index (χ0n) is 25.7. The van der Waals surface area contributed by atoms with Crippen LogP contribution in [0.1, 0.15) is 44.8 Å². The number of aromatic nitrogens is 1. The first-order valence-corrected chi connectivity index (χ1v) is 16.8. The number of aryl methyl sites for hydroxylation is 1. The molecule has 0 unspecified atom stereocenters. The van der Waals surface area contributed by atoms with Crippen LogP contribution in [0.3, 0.4) is 0 Å². The maximum atomic E-state index is 13.6. The summed E-state index contributed by atoms with van der Waals surface area (Å²) in [7, 11) is 0.